The van der Waals surface area contributed by atoms with Gasteiger partial charge in [0.25, 0.3) is 0 Å². The van der Waals surface area contributed by atoms with E-state index in [1.165, 1.54) is 0 Å². The van der Waals surface area contributed by atoms with Crippen LogP contribution in [-0.4, -0.2) is 33.5 Å². The van der Waals surface area contributed by atoms with Crippen LogP contribution in [0.25, 0.3) is 11.0 Å². The van der Waals surface area contributed by atoms with Crippen LogP contribution in [0.4, 0.5) is 0 Å². The van der Waals surface area contributed by atoms with E-state index in [0.29, 0.717) is 13.0 Å². The van der Waals surface area contributed by atoms with Gasteiger partial charge in [-0.05, 0) is 31.9 Å². The second kappa shape index (κ2) is 4.94. The molecule has 4 heteroatoms. The number of fused-ring (bicyclic) bond motifs is 1. The molecule has 1 aromatic heterocycles. The average molecular weight is 260 g/mol. The summed E-state index contributed by atoms with van der Waals surface area (Å²) in [6, 6.07) is 8.12. The predicted octanol–water partition coefficient (Wildman–Crippen LogP) is 2.14. The van der Waals surface area contributed by atoms with Gasteiger partial charge in [0.05, 0.1) is 23.2 Å². The van der Waals surface area contributed by atoms with Crippen LogP contribution < -0.4 is 0 Å². The smallest absolute Gasteiger partial charge is 0.112 e. The van der Waals surface area contributed by atoms with Crippen LogP contribution in [0.1, 0.15) is 25.6 Å². The minimum Gasteiger partial charge on any atom is -0.387 e. The Hall–Kier alpha value is -1.39. The molecule has 1 saturated heterocycles. The van der Waals surface area contributed by atoms with Crippen LogP contribution in [0.15, 0.2) is 24.3 Å². The molecule has 1 aliphatic heterocycles. The molecule has 0 aliphatic carbocycles. The highest BCUT2D eigenvalue weighted by atomic mass is 16.5. The summed E-state index contributed by atoms with van der Waals surface area (Å²) in [5.41, 5.74) is 1.38. The maximum absolute atomic E-state index is 10.6. The van der Waals surface area contributed by atoms with Crippen molar-refractivity contribution in [3.05, 3.63) is 30.1 Å². The normalized spacial score (nSPS) is 23.9. The zero-order chi connectivity index (χ0) is 13.3. The van der Waals surface area contributed by atoms with Crippen molar-refractivity contribution in [2.75, 3.05) is 13.2 Å². The first-order chi connectivity index (χ1) is 9.22. The van der Waals surface area contributed by atoms with Crippen LogP contribution in [0.2, 0.25) is 0 Å². The molecule has 0 spiro atoms. The Kier molecular flexibility index (Phi) is 3.29. The third-order valence-electron chi connectivity index (χ3n) is 3.84. The zero-order valence-electron chi connectivity index (χ0n) is 11.3. The lowest BCUT2D eigenvalue weighted by molar-refractivity contribution is -0.0857. The van der Waals surface area contributed by atoms with E-state index in [2.05, 4.69) is 22.5 Å². The molecule has 3 rings (SSSR count). The van der Waals surface area contributed by atoms with Gasteiger partial charge in [-0.15, -0.1) is 0 Å². The molecule has 0 bridgehead atoms. The van der Waals surface area contributed by atoms with Gasteiger partial charge in [0.2, 0.25) is 0 Å². The van der Waals surface area contributed by atoms with E-state index in [4.69, 9.17) is 4.74 Å². The number of aliphatic hydroxyl groups is 1. The van der Waals surface area contributed by atoms with Gasteiger partial charge in [-0.25, -0.2) is 4.98 Å². The second-order valence-electron chi connectivity index (χ2n) is 5.32. The molecule has 2 heterocycles. The van der Waals surface area contributed by atoms with Gasteiger partial charge in [-0.3, -0.25) is 0 Å². The quantitative estimate of drug-likeness (QED) is 0.919. The fourth-order valence-corrected chi connectivity index (χ4v) is 2.88. The first kappa shape index (κ1) is 12.6. The first-order valence-electron chi connectivity index (χ1n) is 6.96. The average Bonchev–Trinajstić information content (AvgIpc) is 2.75. The summed E-state index contributed by atoms with van der Waals surface area (Å²) in [5, 5.41) is 10.6. The molecule has 102 valence electrons. The summed E-state index contributed by atoms with van der Waals surface area (Å²) in [4.78, 5) is 4.67. The minimum atomic E-state index is -0.757. The van der Waals surface area contributed by atoms with E-state index in [-0.39, 0.29) is 0 Å². The van der Waals surface area contributed by atoms with Crippen LogP contribution in [0, 0.1) is 0 Å². The SMILES string of the molecule is CCn1c(CC2(O)CCCOC2)nc2ccccc21. The molecular weight excluding hydrogens is 240 g/mol. The highest BCUT2D eigenvalue weighted by Crippen LogP contribution is 2.25. The number of nitrogens with zero attached hydrogens (tertiary/aromatic N) is 2. The number of imidazole rings is 1. The Morgan fingerprint density at radius 3 is 3.00 bits per heavy atom. The lowest BCUT2D eigenvalue weighted by Gasteiger charge is -2.31. The third kappa shape index (κ3) is 2.38. The molecule has 1 unspecified atom stereocenters. The van der Waals surface area contributed by atoms with E-state index in [1.54, 1.807) is 0 Å². The Labute approximate surface area is 113 Å². The lowest BCUT2D eigenvalue weighted by Crippen LogP contribution is -2.41. The van der Waals surface area contributed by atoms with Crippen LogP contribution in [-0.2, 0) is 17.7 Å². The van der Waals surface area contributed by atoms with Crippen molar-refractivity contribution in [2.45, 2.75) is 38.3 Å². The van der Waals surface area contributed by atoms with Crippen molar-refractivity contribution >= 4 is 11.0 Å². The van der Waals surface area contributed by atoms with Crippen LogP contribution in [0.3, 0.4) is 0 Å². The van der Waals surface area contributed by atoms with Gasteiger partial charge < -0.3 is 14.4 Å². The van der Waals surface area contributed by atoms with Crippen molar-refractivity contribution in [3.8, 4) is 0 Å². The second-order valence-corrected chi connectivity index (χ2v) is 5.32. The summed E-state index contributed by atoms with van der Waals surface area (Å²) in [5.74, 6) is 0.955. The Morgan fingerprint density at radius 2 is 2.26 bits per heavy atom. The molecule has 1 N–H and O–H groups in total. The maximum atomic E-state index is 10.6. The monoisotopic (exact) mass is 260 g/mol. The largest absolute Gasteiger partial charge is 0.387 e. The van der Waals surface area contributed by atoms with E-state index < -0.39 is 5.60 Å². The summed E-state index contributed by atoms with van der Waals surface area (Å²) in [6.45, 7) is 4.15. The Balaban J connectivity index is 1.95. The lowest BCUT2D eigenvalue weighted by atomic mass is 9.92. The zero-order valence-corrected chi connectivity index (χ0v) is 11.3. The van der Waals surface area contributed by atoms with Crippen molar-refractivity contribution < 1.29 is 9.84 Å². The Morgan fingerprint density at radius 1 is 1.42 bits per heavy atom. The standard InChI is InChI=1S/C15H20N2O2/c1-2-17-13-7-4-3-6-12(13)16-14(17)10-15(18)8-5-9-19-11-15/h3-4,6-7,18H,2,5,8-11H2,1H3. The highest BCUT2D eigenvalue weighted by Gasteiger charge is 2.32. The van der Waals surface area contributed by atoms with E-state index in [9.17, 15) is 5.11 Å². The molecule has 19 heavy (non-hydrogen) atoms. The van der Waals surface area contributed by atoms with E-state index >= 15 is 0 Å². The maximum Gasteiger partial charge on any atom is 0.112 e. The molecule has 1 aromatic carbocycles. The van der Waals surface area contributed by atoms with E-state index in [0.717, 1.165) is 42.9 Å². The van der Waals surface area contributed by atoms with Crippen LogP contribution in [0.5, 0.6) is 0 Å². The molecular formula is C15H20N2O2. The number of aryl methyl sites for hydroxylation is 1. The minimum absolute atomic E-state index is 0.417. The van der Waals surface area contributed by atoms with Gasteiger partial charge in [-0.1, -0.05) is 12.1 Å². The Bertz CT molecular complexity index is 571. The van der Waals surface area contributed by atoms with Crippen LogP contribution >= 0.6 is 0 Å². The highest BCUT2D eigenvalue weighted by molar-refractivity contribution is 5.75. The number of hydrogen-bond acceptors (Lipinski definition) is 3. The number of para-hydroxylation sites is 2. The van der Waals surface area contributed by atoms with Gasteiger partial charge in [0.15, 0.2) is 0 Å². The third-order valence-corrected chi connectivity index (χ3v) is 3.84. The van der Waals surface area contributed by atoms with Crippen molar-refractivity contribution in [3.63, 3.8) is 0 Å². The fourth-order valence-electron chi connectivity index (χ4n) is 2.88. The number of aromatic nitrogens is 2. The van der Waals surface area contributed by atoms with Crippen molar-refractivity contribution in [1.82, 2.24) is 9.55 Å². The van der Waals surface area contributed by atoms with Gasteiger partial charge >= 0.3 is 0 Å². The van der Waals surface area contributed by atoms with Crippen molar-refractivity contribution in [1.29, 1.82) is 0 Å². The van der Waals surface area contributed by atoms with Crippen molar-refractivity contribution in [2.24, 2.45) is 0 Å². The number of benzene rings is 1. The summed E-state index contributed by atoms with van der Waals surface area (Å²) in [7, 11) is 0. The first-order valence-corrected chi connectivity index (χ1v) is 6.96. The molecule has 4 nitrogen and oxygen atoms in total. The molecule has 1 atom stereocenters. The number of ether oxygens (including phenoxy) is 1. The number of hydrogen-bond donors (Lipinski definition) is 1. The molecule has 1 fully saturated rings. The molecule has 0 radical (unpaired) electrons. The summed E-state index contributed by atoms with van der Waals surface area (Å²) < 4.78 is 7.60. The molecule has 2 aromatic rings. The summed E-state index contributed by atoms with van der Waals surface area (Å²) >= 11 is 0. The van der Waals surface area contributed by atoms with Gasteiger partial charge in [0.1, 0.15) is 5.82 Å². The summed E-state index contributed by atoms with van der Waals surface area (Å²) in [6.07, 6.45) is 2.28. The van der Waals surface area contributed by atoms with Gasteiger partial charge in [0, 0.05) is 19.6 Å². The molecule has 1 aliphatic rings. The molecule has 0 amide bonds. The van der Waals surface area contributed by atoms with Gasteiger partial charge in [-0.2, -0.15) is 0 Å². The number of rotatable bonds is 3. The molecule has 0 saturated carbocycles. The fraction of sp³-hybridized carbons (Fsp3) is 0.533. The predicted molar refractivity (Wildman–Crippen MR) is 74.1 cm³/mol. The van der Waals surface area contributed by atoms with E-state index in [1.807, 2.05) is 18.2 Å². The topological polar surface area (TPSA) is 47.3 Å².